The maximum absolute atomic E-state index is 11.6. The van der Waals surface area contributed by atoms with E-state index in [1.165, 1.54) is 21.2 Å². The van der Waals surface area contributed by atoms with E-state index in [4.69, 9.17) is 24.7 Å². The Morgan fingerprint density at radius 3 is 1.12 bits per heavy atom. The fourth-order valence-electron chi connectivity index (χ4n) is 8.06. The molecule has 1 heterocycles. The van der Waals surface area contributed by atoms with Gasteiger partial charge in [0.25, 0.3) is 16.6 Å². The van der Waals surface area contributed by atoms with Crippen molar-refractivity contribution in [3.8, 4) is 0 Å². The van der Waals surface area contributed by atoms with Crippen molar-refractivity contribution >= 4 is 92.2 Å². The molecule has 1 aromatic heterocycles. The summed E-state index contributed by atoms with van der Waals surface area (Å²) in [4.78, 5) is 40.1. The lowest BCUT2D eigenvalue weighted by molar-refractivity contribution is -0.139. The molecule has 0 unspecified atom stereocenters. The van der Waals surface area contributed by atoms with Crippen LogP contribution in [-0.4, -0.2) is 81.4 Å². The number of anilines is 1. The first-order valence-electron chi connectivity index (χ1n) is 25.5. The zero-order valence-corrected chi connectivity index (χ0v) is 50.0. The van der Waals surface area contributed by atoms with Crippen LogP contribution in [0.25, 0.3) is 0 Å². The number of halogens is 1. The molecule has 0 saturated heterocycles. The lowest BCUT2D eigenvalue weighted by Gasteiger charge is -2.40. The number of rotatable bonds is 20. The summed E-state index contributed by atoms with van der Waals surface area (Å²) >= 11 is 6.09. The van der Waals surface area contributed by atoms with Crippen LogP contribution in [0.5, 0.6) is 0 Å². The summed E-state index contributed by atoms with van der Waals surface area (Å²) in [6, 6.07) is 68.0. The molecule has 0 saturated carbocycles. The Hall–Kier alpha value is -6.23. The molecular formula is C62H77ClN2O6Si4. The van der Waals surface area contributed by atoms with E-state index in [0.29, 0.717) is 24.4 Å². The number of hydrogen-bond acceptors (Lipinski definition) is 8. The summed E-state index contributed by atoms with van der Waals surface area (Å²) in [7, 11) is -5.14. The van der Waals surface area contributed by atoms with Gasteiger partial charge in [-0.15, -0.1) is 0 Å². The molecule has 0 aliphatic heterocycles. The molecule has 7 rings (SSSR count). The van der Waals surface area contributed by atoms with Gasteiger partial charge in [-0.25, -0.2) is 9.59 Å². The molecule has 0 aliphatic carbocycles. The van der Waals surface area contributed by atoms with E-state index < -0.39 is 32.3 Å². The van der Waals surface area contributed by atoms with Crippen LogP contribution >= 0.6 is 11.1 Å². The van der Waals surface area contributed by atoms with E-state index in [9.17, 15) is 14.4 Å². The Balaban J connectivity index is 0.000000244. The lowest BCUT2D eigenvalue weighted by Crippen LogP contribution is -2.72. The molecule has 394 valence electrons. The molecule has 0 bridgehead atoms. The SMILES string of the molecule is C=C(C)C(=O)OCCCC[Si](C)(C)O[Si](c1ccccc1)(c1ccccc1)c1ccccc1.C=C(C)C(=O)OCCC[Si](C)(C)Cl.CN(C)c1ccncc1.O[Si](c1ccccc1)(c1ccccc1)c1ccccc1. The first kappa shape index (κ1) is 61.3. The summed E-state index contributed by atoms with van der Waals surface area (Å²) in [5.41, 5.74) is 2.07. The first-order chi connectivity index (χ1) is 35.8. The van der Waals surface area contributed by atoms with E-state index in [2.05, 4.69) is 135 Å². The van der Waals surface area contributed by atoms with E-state index in [1.807, 2.05) is 122 Å². The minimum atomic E-state index is -2.88. The number of carbonyl (C=O) groups is 2. The van der Waals surface area contributed by atoms with Gasteiger partial charge in [0.05, 0.1) is 13.2 Å². The number of benzene rings is 6. The predicted molar refractivity (Wildman–Crippen MR) is 326 cm³/mol. The third-order valence-electron chi connectivity index (χ3n) is 12.0. The minimum absolute atomic E-state index is 0.311. The molecular weight excluding hydrogens is 1020 g/mol. The van der Waals surface area contributed by atoms with Crippen molar-refractivity contribution in [2.24, 2.45) is 0 Å². The summed E-state index contributed by atoms with van der Waals surface area (Å²) in [5, 5.41) is 6.82. The molecule has 0 radical (unpaired) electrons. The topological polar surface area (TPSA) is 98.2 Å². The largest absolute Gasteiger partial charge is 0.462 e. The minimum Gasteiger partial charge on any atom is -0.462 e. The smallest absolute Gasteiger partial charge is 0.333 e. The van der Waals surface area contributed by atoms with Gasteiger partial charge in [-0.2, -0.15) is 11.1 Å². The van der Waals surface area contributed by atoms with E-state index in [1.54, 1.807) is 26.2 Å². The van der Waals surface area contributed by atoms with Crippen molar-refractivity contribution in [3.05, 3.63) is 231 Å². The second kappa shape index (κ2) is 31.0. The second-order valence-electron chi connectivity index (χ2n) is 19.7. The fraction of sp³-hybridized carbons (Fsp3) is 0.242. The van der Waals surface area contributed by atoms with Gasteiger partial charge in [0.1, 0.15) is 0 Å². The van der Waals surface area contributed by atoms with Crippen molar-refractivity contribution in [2.75, 3.05) is 32.2 Å². The number of unbranched alkanes of at least 4 members (excludes halogenated alkanes) is 1. The van der Waals surface area contributed by atoms with Crippen molar-refractivity contribution in [1.82, 2.24) is 4.98 Å². The van der Waals surface area contributed by atoms with Crippen LogP contribution in [0.1, 0.15) is 33.1 Å². The Morgan fingerprint density at radius 2 is 0.827 bits per heavy atom. The van der Waals surface area contributed by atoms with Gasteiger partial charge in [-0.3, -0.25) is 4.98 Å². The second-order valence-corrected chi connectivity index (χ2v) is 37.8. The number of carbonyl (C=O) groups excluding carboxylic acids is 2. The van der Waals surface area contributed by atoms with Crippen LogP contribution in [0.2, 0.25) is 38.3 Å². The Labute approximate surface area is 456 Å². The highest BCUT2D eigenvalue weighted by Gasteiger charge is 2.46. The monoisotopic (exact) mass is 1090 g/mol. The van der Waals surface area contributed by atoms with Crippen LogP contribution in [0, 0.1) is 0 Å². The van der Waals surface area contributed by atoms with Crippen LogP contribution < -0.4 is 36.0 Å². The average molecular weight is 1090 g/mol. The number of pyridine rings is 1. The van der Waals surface area contributed by atoms with Gasteiger partial charge in [0.2, 0.25) is 0 Å². The highest BCUT2D eigenvalue weighted by Crippen LogP contribution is 2.22. The molecule has 13 heteroatoms. The molecule has 6 aromatic carbocycles. The third-order valence-corrected chi connectivity index (χ3v) is 26.0. The molecule has 0 aliphatic rings. The van der Waals surface area contributed by atoms with Gasteiger partial charge in [0, 0.05) is 43.3 Å². The molecule has 1 N–H and O–H groups in total. The molecule has 8 nitrogen and oxygen atoms in total. The van der Waals surface area contributed by atoms with Gasteiger partial charge in [0.15, 0.2) is 15.7 Å². The summed E-state index contributed by atoms with van der Waals surface area (Å²) in [6.45, 7) is 20.1. The number of hydrogen-bond donors (Lipinski definition) is 1. The van der Waals surface area contributed by atoms with E-state index >= 15 is 0 Å². The van der Waals surface area contributed by atoms with Crippen LogP contribution in [0.15, 0.2) is 231 Å². The van der Waals surface area contributed by atoms with Crippen molar-refractivity contribution in [2.45, 2.75) is 71.4 Å². The predicted octanol–water partition coefficient (Wildman–Crippen LogP) is 10.5. The van der Waals surface area contributed by atoms with E-state index in [0.717, 1.165) is 46.9 Å². The van der Waals surface area contributed by atoms with E-state index in [-0.39, 0.29) is 11.9 Å². The molecule has 0 fully saturated rings. The molecule has 75 heavy (non-hydrogen) atoms. The molecule has 0 amide bonds. The van der Waals surface area contributed by atoms with Crippen molar-refractivity contribution in [3.63, 3.8) is 0 Å². The quantitative estimate of drug-likeness (QED) is 0.0201. The summed E-state index contributed by atoms with van der Waals surface area (Å²) in [6.07, 6.45) is 6.22. The van der Waals surface area contributed by atoms with Crippen molar-refractivity contribution in [1.29, 1.82) is 0 Å². The lowest BCUT2D eigenvalue weighted by atomic mass is 10.3. The number of esters is 2. The highest BCUT2D eigenvalue weighted by atomic mass is 35.6. The third kappa shape index (κ3) is 20.1. The maximum Gasteiger partial charge on any atom is 0.333 e. The Kier molecular flexibility index (Phi) is 25.3. The van der Waals surface area contributed by atoms with Gasteiger partial charge in [-0.1, -0.05) is 215 Å². The maximum atomic E-state index is 11.6. The normalized spacial score (nSPS) is 11.2. The van der Waals surface area contributed by atoms with Gasteiger partial charge in [-0.05, 0) is 95.1 Å². The highest BCUT2D eigenvalue weighted by molar-refractivity contribution is 7.19. The average Bonchev–Trinajstić information content (AvgIpc) is 3.43. The van der Waals surface area contributed by atoms with Gasteiger partial charge >= 0.3 is 11.9 Å². The fourth-order valence-corrected chi connectivity index (χ4v) is 21.7. The number of nitrogens with zero attached hydrogens (tertiary/aromatic N) is 2. The van der Waals surface area contributed by atoms with Gasteiger partial charge < -0.3 is 23.3 Å². The zero-order valence-electron chi connectivity index (χ0n) is 45.3. The Bertz CT molecular complexity index is 2560. The Morgan fingerprint density at radius 1 is 0.507 bits per heavy atom. The van der Waals surface area contributed by atoms with Crippen LogP contribution in [0.3, 0.4) is 0 Å². The van der Waals surface area contributed by atoms with Crippen molar-refractivity contribution < 1.29 is 28.0 Å². The molecule has 0 atom stereocenters. The summed E-state index contributed by atoms with van der Waals surface area (Å²) < 4.78 is 17.6. The number of ether oxygens (including phenoxy) is 2. The number of aromatic nitrogens is 1. The standard InChI is InChI=1S/C28H34O3Si2.C18H16OSi.C9H17ClO2Si.C7H10N2/c1-24(2)28(29)30-22-14-15-23-32(3,4)31-33(25-16-8-5-9-17-25,26-18-10-6-11-19-26)27-20-12-7-13-21-27;19-20(16-10-4-1-5-11-16,17-12-6-2-7-13-17)18-14-8-3-9-15-18;1-8(2)9(11)12-6-5-7-13(3,4)10;1-9(2)7-3-5-8-6-4-7/h5-13,16-21H,1,14-15,22-23H2,2-4H3;1-15,19H;1,5-7H2,2-4H3;3-6H,1-2H3. The zero-order chi connectivity index (χ0) is 54.7. The molecule has 0 spiro atoms. The van der Waals surface area contributed by atoms with Crippen LogP contribution in [0.4, 0.5) is 5.69 Å². The first-order valence-corrected chi connectivity index (χ1v) is 36.7. The van der Waals surface area contributed by atoms with Crippen LogP contribution in [-0.2, 0) is 23.2 Å². The summed E-state index contributed by atoms with van der Waals surface area (Å²) in [5.74, 6) is -0.625. The molecule has 7 aromatic rings.